The van der Waals surface area contributed by atoms with E-state index in [4.69, 9.17) is 0 Å². The van der Waals surface area contributed by atoms with Crippen LogP contribution in [-0.4, -0.2) is 124 Å². The van der Waals surface area contributed by atoms with Crippen LogP contribution in [0, 0.1) is 17.8 Å². The summed E-state index contributed by atoms with van der Waals surface area (Å²) in [6, 6.07) is 11.3. The Labute approximate surface area is 343 Å². The van der Waals surface area contributed by atoms with Crippen LogP contribution in [0.5, 0.6) is 0 Å². The van der Waals surface area contributed by atoms with E-state index in [1.165, 1.54) is 6.08 Å². The van der Waals surface area contributed by atoms with E-state index in [1.54, 1.807) is 42.7 Å². The van der Waals surface area contributed by atoms with Crippen LogP contribution in [0.25, 0.3) is 6.08 Å². The molecular formula is C44H49N9O6. The average Bonchev–Trinajstić information content (AvgIpc) is 3.52. The molecule has 1 aromatic carbocycles. The lowest BCUT2D eigenvalue weighted by Crippen LogP contribution is -2.54. The molecule has 15 heteroatoms. The lowest BCUT2D eigenvalue weighted by molar-refractivity contribution is -0.136. The van der Waals surface area contributed by atoms with Crippen molar-refractivity contribution in [1.82, 2.24) is 40.5 Å². The molecule has 15 nitrogen and oxygen atoms in total. The number of rotatable bonds is 13. The van der Waals surface area contributed by atoms with Gasteiger partial charge in [-0.2, -0.15) is 0 Å². The number of carbonyl (C=O) groups is 6. The Hall–Kier alpha value is -6.27. The minimum Gasteiger partial charge on any atom is -0.353 e. The van der Waals surface area contributed by atoms with Gasteiger partial charge in [0.1, 0.15) is 6.04 Å². The van der Waals surface area contributed by atoms with E-state index >= 15 is 0 Å². The smallest absolute Gasteiger partial charge is 0.274 e. The van der Waals surface area contributed by atoms with E-state index in [9.17, 15) is 28.8 Å². The van der Waals surface area contributed by atoms with Crippen LogP contribution in [0.4, 0.5) is 5.82 Å². The Bertz CT molecular complexity index is 2130. The van der Waals surface area contributed by atoms with Crippen LogP contribution in [0.15, 0.2) is 60.9 Å². The molecule has 4 aliphatic rings. The van der Waals surface area contributed by atoms with Crippen molar-refractivity contribution >= 4 is 47.3 Å². The first kappa shape index (κ1) is 40.9. The molecule has 2 aromatic heterocycles. The number of piperidine rings is 2. The zero-order chi connectivity index (χ0) is 41.1. The lowest BCUT2D eigenvalue weighted by Gasteiger charge is -2.35. The van der Waals surface area contributed by atoms with Crippen molar-refractivity contribution in [2.24, 2.45) is 5.92 Å². The molecule has 0 radical (unpaired) electrons. The first-order chi connectivity index (χ1) is 28.7. The molecule has 4 aliphatic heterocycles. The molecule has 1 unspecified atom stereocenters. The van der Waals surface area contributed by atoms with E-state index in [2.05, 4.69) is 47.5 Å². The van der Waals surface area contributed by atoms with E-state index in [0.717, 1.165) is 87.5 Å². The summed E-state index contributed by atoms with van der Waals surface area (Å²) in [7, 11) is 0. The minimum atomic E-state index is -1.01. The summed E-state index contributed by atoms with van der Waals surface area (Å²) >= 11 is 0. The van der Waals surface area contributed by atoms with Crippen molar-refractivity contribution < 1.29 is 28.8 Å². The molecule has 7 rings (SSSR count). The highest BCUT2D eigenvalue weighted by atomic mass is 16.2. The van der Waals surface area contributed by atoms with Gasteiger partial charge in [-0.15, -0.1) is 10.2 Å². The number of nitrogens with one attached hydrogen (secondary N) is 2. The second-order valence-corrected chi connectivity index (χ2v) is 15.3. The number of likely N-dealkylation sites (tertiary alicyclic amines) is 1. The largest absolute Gasteiger partial charge is 0.353 e. The Morgan fingerprint density at radius 2 is 1.71 bits per heavy atom. The normalized spacial score (nSPS) is 18.8. The van der Waals surface area contributed by atoms with Crippen molar-refractivity contribution in [1.29, 1.82) is 0 Å². The van der Waals surface area contributed by atoms with Gasteiger partial charge in [-0.25, -0.2) is 0 Å². The quantitative estimate of drug-likeness (QED) is 0.112. The maximum Gasteiger partial charge on any atom is 0.274 e. The maximum atomic E-state index is 13.3. The van der Waals surface area contributed by atoms with Crippen molar-refractivity contribution in [2.75, 3.05) is 57.3 Å². The molecule has 6 amide bonds. The van der Waals surface area contributed by atoms with Gasteiger partial charge < -0.3 is 15.1 Å². The van der Waals surface area contributed by atoms with Crippen LogP contribution in [0.1, 0.15) is 100 Å². The summed E-state index contributed by atoms with van der Waals surface area (Å²) in [4.78, 5) is 87.1. The Morgan fingerprint density at radius 1 is 0.881 bits per heavy atom. The number of benzene rings is 1. The standard InChI is InChI=1S/C44H49N9O6/c54-38(17-13-32-9-7-21-45-30-32)46-22-4-3-8-31-19-24-52(25-20-31)43(58)35-14-16-37(49-48-35)51-28-26-50(27-29-51)23-5-1-2-10-33-11-6-12-34-40(33)44(59)53(42(34)57)36-15-18-39(55)47-41(36)56/h6-7,9,11-14,16-17,21,30-31,36H,1,3-5,8,15,18-20,22-29H2,(H,46,54)(H,47,55,56)/b17-13+. The minimum absolute atomic E-state index is 0.0670. The van der Waals surface area contributed by atoms with E-state index in [-0.39, 0.29) is 35.8 Å². The maximum absolute atomic E-state index is 13.3. The predicted octanol–water partition coefficient (Wildman–Crippen LogP) is 3.08. The van der Waals surface area contributed by atoms with Gasteiger partial charge in [-0.3, -0.25) is 48.9 Å². The van der Waals surface area contributed by atoms with Crippen LogP contribution < -0.4 is 15.5 Å². The fourth-order valence-electron chi connectivity index (χ4n) is 8.04. The molecule has 0 aliphatic carbocycles. The summed E-state index contributed by atoms with van der Waals surface area (Å²) in [5.74, 6) is 5.22. The SMILES string of the molecule is O=C(/C=C/c1cccnc1)NCCCCC1CCN(C(=O)c2ccc(N3CCN(CCCC#Cc4cccc5c4C(=O)N(C4CCC(=O)NC4=O)C5=O)CC3)nn2)CC1. The molecule has 3 aromatic rings. The Balaban J connectivity index is 0.778. The van der Waals surface area contributed by atoms with Gasteiger partial charge in [0.05, 0.1) is 11.1 Å². The van der Waals surface area contributed by atoms with Gasteiger partial charge in [0.15, 0.2) is 11.5 Å². The number of amides is 6. The van der Waals surface area contributed by atoms with E-state index in [0.29, 0.717) is 43.2 Å². The zero-order valence-corrected chi connectivity index (χ0v) is 33.1. The number of nitrogens with zero attached hydrogens (tertiary/aromatic N) is 7. The highest BCUT2D eigenvalue weighted by molar-refractivity contribution is 6.24. The van der Waals surface area contributed by atoms with E-state index in [1.807, 2.05) is 23.1 Å². The number of carbonyl (C=O) groups excluding carboxylic acids is 6. The first-order valence-electron chi connectivity index (χ1n) is 20.5. The molecule has 1 atom stereocenters. The van der Waals surface area contributed by atoms with Gasteiger partial charge >= 0.3 is 0 Å². The van der Waals surface area contributed by atoms with Gasteiger partial charge in [0.25, 0.3) is 17.7 Å². The third-order valence-corrected chi connectivity index (χ3v) is 11.4. The molecule has 6 heterocycles. The molecule has 0 saturated carbocycles. The van der Waals surface area contributed by atoms with Crippen LogP contribution in [-0.2, 0) is 14.4 Å². The third kappa shape index (κ3) is 10.2. The topological polar surface area (TPSA) is 178 Å². The van der Waals surface area contributed by atoms with Crippen LogP contribution in [0.3, 0.4) is 0 Å². The fraction of sp³-hybridized carbons (Fsp3) is 0.432. The Kier molecular flexibility index (Phi) is 13.5. The van der Waals surface area contributed by atoms with Crippen LogP contribution in [0.2, 0.25) is 0 Å². The Morgan fingerprint density at radius 3 is 2.46 bits per heavy atom. The summed E-state index contributed by atoms with van der Waals surface area (Å²) in [6.07, 6.45) is 13.3. The molecule has 59 heavy (non-hydrogen) atoms. The number of piperazine rings is 1. The number of hydrogen-bond acceptors (Lipinski definition) is 11. The summed E-state index contributed by atoms with van der Waals surface area (Å²) in [5.41, 5.74) is 2.14. The zero-order valence-electron chi connectivity index (χ0n) is 33.1. The van der Waals surface area contributed by atoms with Crippen molar-refractivity contribution in [3.05, 3.63) is 88.9 Å². The molecular weight excluding hydrogens is 751 g/mol. The fourth-order valence-corrected chi connectivity index (χ4v) is 8.04. The second kappa shape index (κ2) is 19.5. The molecule has 0 bridgehead atoms. The summed E-state index contributed by atoms with van der Waals surface area (Å²) in [5, 5.41) is 13.9. The van der Waals surface area contributed by atoms with Crippen molar-refractivity contribution in [3.8, 4) is 11.8 Å². The van der Waals surface area contributed by atoms with Crippen LogP contribution >= 0.6 is 0 Å². The van der Waals surface area contributed by atoms with Crippen molar-refractivity contribution in [2.45, 2.75) is 63.8 Å². The molecule has 3 saturated heterocycles. The van der Waals surface area contributed by atoms with Gasteiger partial charge in [-0.05, 0) is 86.5 Å². The second-order valence-electron chi connectivity index (χ2n) is 15.3. The average molecular weight is 800 g/mol. The number of pyridine rings is 1. The molecule has 3 fully saturated rings. The monoisotopic (exact) mass is 799 g/mol. The molecule has 0 spiro atoms. The van der Waals surface area contributed by atoms with Gasteiger partial charge in [-0.1, -0.05) is 36.8 Å². The number of imide groups is 2. The van der Waals surface area contributed by atoms with Gasteiger partial charge in [0.2, 0.25) is 17.7 Å². The summed E-state index contributed by atoms with van der Waals surface area (Å²) in [6.45, 7) is 6.18. The highest BCUT2D eigenvalue weighted by Crippen LogP contribution is 2.30. The number of aromatic nitrogens is 3. The third-order valence-electron chi connectivity index (χ3n) is 11.4. The molecule has 2 N–H and O–H groups in total. The number of anilines is 1. The van der Waals surface area contributed by atoms with Gasteiger partial charge in [0, 0.05) is 82.7 Å². The summed E-state index contributed by atoms with van der Waals surface area (Å²) < 4.78 is 0. The van der Waals surface area contributed by atoms with Crippen molar-refractivity contribution in [3.63, 3.8) is 0 Å². The number of unbranched alkanes of at least 4 members (excludes halogenated alkanes) is 2. The number of hydrogen-bond donors (Lipinski definition) is 2. The predicted molar refractivity (Wildman–Crippen MR) is 219 cm³/mol. The number of fused-ring (bicyclic) bond motifs is 1. The highest BCUT2D eigenvalue weighted by Gasteiger charge is 2.45. The lowest BCUT2D eigenvalue weighted by atomic mass is 9.91. The molecule has 306 valence electrons. The first-order valence-corrected chi connectivity index (χ1v) is 20.5. The van der Waals surface area contributed by atoms with E-state index < -0.39 is 29.7 Å².